The Kier molecular flexibility index (Phi) is 4.33. The van der Waals surface area contributed by atoms with Gasteiger partial charge in [0, 0.05) is 18.7 Å². The first-order valence-electron chi connectivity index (χ1n) is 5.72. The summed E-state index contributed by atoms with van der Waals surface area (Å²) >= 11 is 6.05. The lowest BCUT2D eigenvalue weighted by Crippen LogP contribution is -2.39. The molecule has 0 aliphatic rings. The number of likely N-dealkylation sites (N-methyl/N-ethyl adjacent to an activating group) is 1. The zero-order valence-electron chi connectivity index (χ0n) is 11.1. The van der Waals surface area contributed by atoms with Gasteiger partial charge in [-0.1, -0.05) is 11.6 Å². The summed E-state index contributed by atoms with van der Waals surface area (Å²) < 4.78 is 0. The second kappa shape index (κ2) is 5.19. The molecule has 0 amide bonds. The Morgan fingerprint density at radius 1 is 1.29 bits per heavy atom. The van der Waals surface area contributed by atoms with Gasteiger partial charge in [0.15, 0.2) is 0 Å². The highest BCUT2D eigenvalue weighted by Crippen LogP contribution is 2.24. The van der Waals surface area contributed by atoms with Crippen LogP contribution in [0.4, 0.5) is 5.82 Å². The Hall–Kier alpha value is -0.870. The number of anilines is 1. The average Bonchev–Trinajstić information content (AvgIpc) is 2.18. The summed E-state index contributed by atoms with van der Waals surface area (Å²) in [4.78, 5) is 10.5. The van der Waals surface area contributed by atoms with Crippen LogP contribution in [-0.2, 0) is 0 Å². The Bertz CT molecular complexity index is 401. The summed E-state index contributed by atoms with van der Waals surface area (Å²) in [6, 6.07) is 0. The van der Waals surface area contributed by atoms with Crippen molar-refractivity contribution < 1.29 is 5.11 Å². The normalized spacial score (nSPS) is 11.7. The van der Waals surface area contributed by atoms with E-state index >= 15 is 0 Å². The van der Waals surface area contributed by atoms with Crippen molar-refractivity contribution in [2.24, 2.45) is 0 Å². The summed E-state index contributed by atoms with van der Waals surface area (Å²) in [5, 5.41) is 10.4. The topological polar surface area (TPSA) is 49.2 Å². The molecule has 0 aromatic carbocycles. The second-order valence-electron chi connectivity index (χ2n) is 4.84. The molecule has 0 bridgehead atoms. The quantitative estimate of drug-likeness (QED) is 0.842. The van der Waals surface area contributed by atoms with E-state index in [1.807, 2.05) is 25.7 Å². The smallest absolute Gasteiger partial charge is 0.137 e. The summed E-state index contributed by atoms with van der Waals surface area (Å²) in [7, 11) is 0. The molecule has 5 heteroatoms. The van der Waals surface area contributed by atoms with Crippen LogP contribution >= 0.6 is 11.6 Å². The fourth-order valence-electron chi connectivity index (χ4n) is 1.69. The van der Waals surface area contributed by atoms with Gasteiger partial charge in [-0.15, -0.1) is 0 Å². The Morgan fingerprint density at radius 3 is 2.35 bits per heavy atom. The van der Waals surface area contributed by atoms with Crippen LogP contribution in [0.2, 0.25) is 5.15 Å². The Morgan fingerprint density at radius 2 is 1.88 bits per heavy atom. The number of aromatic nitrogens is 2. The molecule has 0 aliphatic carbocycles. The fraction of sp³-hybridized carbons (Fsp3) is 0.667. The molecule has 4 nitrogen and oxygen atoms in total. The summed E-state index contributed by atoms with van der Waals surface area (Å²) in [6.07, 6.45) is 0. The van der Waals surface area contributed by atoms with Crippen molar-refractivity contribution in [1.82, 2.24) is 9.97 Å². The maximum Gasteiger partial charge on any atom is 0.137 e. The summed E-state index contributed by atoms with van der Waals surface area (Å²) in [5.41, 5.74) is 0.0803. The van der Waals surface area contributed by atoms with Crippen LogP contribution in [0.3, 0.4) is 0 Å². The molecule has 1 rings (SSSR count). The molecule has 0 saturated carbocycles. The Balaban J connectivity index is 3.12. The molecule has 96 valence electrons. The van der Waals surface area contributed by atoms with E-state index in [0.29, 0.717) is 17.5 Å². The van der Waals surface area contributed by atoms with Gasteiger partial charge in [-0.25, -0.2) is 9.97 Å². The van der Waals surface area contributed by atoms with E-state index in [0.717, 1.165) is 17.9 Å². The van der Waals surface area contributed by atoms with Crippen molar-refractivity contribution in [2.75, 3.05) is 18.0 Å². The maximum absolute atomic E-state index is 9.89. The molecule has 1 heterocycles. The van der Waals surface area contributed by atoms with Crippen LogP contribution in [0.15, 0.2) is 0 Å². The van der Waals surface area contributed by atoms with Crippen molar-refractivity contribution >= 4 is 17.4 Å². The predicted molar refractivity (Wildman–Crippen MR) is 70.7 cm³/mol. The largest absolute Gasteiger partial charge is 0.389 e. The van der Waals surface area contributed by atoms with E-state index in [2.05, 4.69) is 9.97 Å². The van der Waals surface area contributed by atoms with Gasteiger partial charge >= 0.3 is 0 Å². The molecule has 0 spiro atoms. The maximum atomic E-state index is 9.89. The SMILES string of the molecule is CCN(CC(C)(C)O)c1nc(C)nc(Cl)c1C. The van der Waals surface area contributed by atoms with E-state index < -0.39 is 5.60 Å². The number of hydrogen-bond acceptors (Lipinski definition) is 4. The molecule has 17 heavy (non-hydrogen) atoms. The third kappa shape index (κ3) is 3.82. The molecule has 0 fully saturated rings. The highest BCUT2D eigenvalue weighted by Gasteiger charge is 2.21. The van der Waals surface area contributed by atoms with Crippen LogP contribution in [-0.4, -0.2) is 33.8 Å². The highest BCUT2D eigenvalue weighted by molar-refractivity contribution is 6.30. The van der Waals surface area contributed by atoms with Crippen LogP contribution < -0.4 is 4.90 Å². The molecule has 0 unspecified atom stereocenters. The van der Waals surface area contributed by atoms with Crippen molar-refractivity contribution in [3.8, 4) is 0 Å². The number of rotatable bonds is 4. The number of hydrogen-bond donors (Lipinski definition) is 1. The van der Waals surface area contributed by atoms with Crippen LogP contribution in [0.5, 0.6) is 0 Å². The lowest BCUT2D eigenvalue weighted by Gasteiger charge is -2.30. The lowest BCUT2D eigenvalue weighted by atomic mass is 10.1. The first kappa shape index (κ1) is 14.2. The minimum Gasteiger partial charge on any atom is -0.389 e. The van der Waals surface area contributed by atoms with E-state index in [9.17, 15) is 5.11 Å². The fourth-order valence-corrected chi connectivity index (χ4v) is 1.90. The van der Waals surface area contributed by atoms with Gasteiger partial charge in [-0.2, -0.15) is 0 Å². The number of nitrogens with zero attached hydrogens (tertiary/aromatic N) is 3. The predicted octanol–water partition coefficient (Wildman–Crippen LogP) is 2.34. The standard InChI is InChI=1S/C12H20ClN3O/c1-6-16(7-12(4,5)17)11-8(2)10(13)14-9(3)15-11/h17H,6-7H2,1-5H3. The molecule has 1 aromatic heterocycles. The molecule has 0 saturated heterocycles. The molecular weight excluding hydrogens is 238 g/mol. The van der Waals surface area contributed by atoms with Crippen molar-refractivity contribution in [3.63, 3.8) is 0 Å². The molecular formula is C12H20ClN3O. The average molecular weight is 258 g/mol. The van der Waals surface area contributed by atoms with Crippen LogP contribution in [0.1, 0.15) is 32.2 Å². The first-order valence-corrected chi connectivity index (χ1v) is 6.10. The number of halogens is 1. The first-order chi connectivity index (χ1) is 7.74. The molecule has 1 aromatic rings. The third-order valence-electron chi connectivity index (χ3n) is 2.43. The van der Waals surface area contributed by atoms with Gasteiger partial charge in [0.1, 0.15) is 16.8 Å². The number of aryl methyl sites for hydroxylation is 1. The highest BCUT2D eigenvalue weighted by atomic mass is 35.5. The molecule has 0 aliphatic heterocycles. The third-order valence-corrected chi connectivity index (χ3v) is 2.80. The molecule has 0 radical (unpaired) electrons. The molecule has 1 N–H and O–H groups in total. The minimum absolute atomic E-state index is 0.474. The summed E-state index contributed by atoms with van der Waals surface area (Å²) in [6.45, 7) is 10.6. The van der Waals surface area contributed by atoms with Crippen LogP contribution in [0.25, 0.3) is 0 Å². The summed E-state index contributed by atoms with van der Waals surface area (Å²) in [5.74, 6) is 1.44. The van der Waals surface area contributed by atoms with E-state index in [-0.39, 0.29) is 0 Å². The van der Waals surface area contributed by atoms with Gasteiger partial charge in [0.25, 0.3) is 0 Å². The van der Waals surface area contributed by atoms with Crippen molar-refractivity contribution in [2.45, 2.75) is 40.2 Å². The zero-order valence-corrected chi connectivity index (χ0v) is 11.8. The van der Waals surface area contributed by atoms with E-state index in [4.69, 9.17) is 11.6 Å². The van der Waals surface area contributed by atoms with Crippen LogP contribution in [0, 0.1) is 13.8 Å². The minimum atomic E-state index is -0.770. The van der Waals surface area contributed by atoms with Gasteiger partial charge in [-0.05, 0) is 34.6 Å². The van der Waals surface area contributed by atoms with Gasteiger partial charge in [-0.3, -0.25) is 0 Å². The van der Waals surface area contributed by atoms with Gasteiger partial charge in [0.05, 0.1) is 5.60 Å². The van der Waals surface area contributed by atoms with Crippen molar-refractivity contribution in [3.05, 3.63) is 16.5 Å². The van der Waals surface area contributed by atoms with E-state index in [1.54, 1.807) is 13.8 Å². The van der Waals surface area contributed by atoms with Gasteiger partial charge < -0.3 is 10.0 Å². The number of aliphatic hydroxyl groups is 1. The molecule has 0 atom stereocenters. The van der Waals surface area contributed by atoms with Crippen molar-refractivity contribution in [1.29, 1.82) is 0 Å². The Labute approximate surface area is 108 Å². The monoisotopic (exact) mass is 257 g/mol. The van der Waals surface area contributed by atoms with Gasteiger partial charge in [0.2, 0.25) is 0 Å². The van der Waals surface area contributed by atoms with E-state index in [1.165, 1.54) is 0 Å². The second-order valence-corrected chi connectivity index (χ2v) is 5.19. The lowest BCUT2D eigenvalue weighted by molar-refractivity contribution is 0.0874. The zero-order chi connectivity index (χ0) is 13.2.